The minimum atomic E-state index is -0.0215. The SMILES string of the molecule is CC(N)CC1=CC=CC2C=C(CO)OC12. The highest BCUT2D eigenvalue weighted by Gasteiger charge is 2.31. The molecule has 15 heavy (non-hydrogen) atoms. The van der Waals surface area contributed by atoms with E-state index in [1.165, 1.54) is 5.57 Å². The maximum absolute atomic E-state index is 9.02. The summed E-state index contributed by atoms with van der Waals surface area (Å²) in [4.78, 5) is 0. The Kier molecular flexibility index (Phi) is 2.93. The normalized spacial score (nSPS) is 30.3. The summed E-state index contributed by atoms with van der Waals surface area (Å²) in [6, 6.07) is 0.144. The standard InChI is InChI=1S/C12H17NO2/c1-8(13)5-9-3-2-4-10-6-11(7-14)15-12(9)10/h2-4,6,8,10,12,14H,5,7,13H2,1H3. The third-order valence-corrected chi connectivity index (χ3v) is 2.73. The molecule has 1 aliphatic carbocycles. The molecule has 2 aliphatic rings. The summed E-state index contributed by atoms with van der Waals surface area (Å²) in [7, 11) is 0. The third kappa shape index (κ3) is 2.13. The minimum absolute atomic E-state index is 0.0215. The van der Waals surface area contributed by atoms with E-state index in [2.05, 4.69) is 12.2 Å². The number of allylic oxidation sites excluding steroid dienone is 2. The van der Waals surface area contributed by atoms with Crippen LogP contribution in [0.3, 0.4) is 0 Å². The lowest BCUT2D eigenvalue weighted by atomic mass is 9.89. The van der Waals surface area contributed by atoms with Gasteiger partial charge < -0.3 is 15.6 Å². The van der Waals surface area contributed by atoms with Gasteiger partial charge in [-0.15, -0.1) is 0 Å². The van der Waals surface area contributed by atoms with E-state index in [1.54, 1.807) is 0 Å². The van der Waals surface area contributed by atoms with Crippen molar-refractivity contribution in [2.75, 3.05) is 6.61 Å². The Morgan fingerprint density at radius 2 is 2.40 bits per heavy atom. The van der Waals surface area contributed by atoms with Gasteiger partial charge in [-0.3, -0.25) is 0 Å². The van der Waals surface area contributed by atoms with E-state index in [-0.39, 0.29) is 24.7 Å². The average Bonchev–Trinajstić information content (AvgIpc) is 2.61. The van der Waals surface area contributed by atoms with E-state index in [9.17, 15) is 0 Å². The summed E-state index contributed by atoms with van der Waals surface area (Å²) in [5.74, 6) is 0.943. The topological polar surface area (TPSA) is 55.5 Å². The number of hydrogen-bond acceptors (Lipinski definition) is 3. The molecule has 0 aromatic carbocycles. The van der Waals surface area contributed by atoms with Crippen LogP contribution in [0.2, 0.25) is 0 Å². The molecule has 3 heteroatoms. The molecule has 0 bridgehead atoms. The number of rotatable bonds is 3. The summed E-state index contributed by atoms with van der Waals surface area (Å²) in [5, 5.41) is 9.02. The van der Waals surface area contributed by atoms with Gasteiger partial charge in [0.05, 0.1) is 0 Å². The lowest BCUT2D eigenvalue weighted by molar-refractivity contribution is 0.120. The molecule has 3 nitrogen and oxygen atoms in total. The van der Waals surface area contributed by atoms with Crippen LogP contribution in [0.4, 0.5) is 0 Å². The van der Waals surface area contributed by atoms with Crippen LogP contribution in [0.25, 0.3) is 0 Å². The Morgan fingerprint density at radius 1 is 1.60 bits per heavy atom. The Morgan fingerprint density at radius 3 is 3.07 bits per heavy atom. The fraction of sp³-hybridized carbons (Fsp3) is 0.500. The first-order valence-electron chi connectivity index (χ1n) is 5.31. The van der Waals surface area contributed by atoms with E-state index in [1.807, 2.05) is 19.1 Å². The summed E-state index contributed by atoms with van der Waals surface area (Å²) in [5.41, 5.74) is 7.01. The van der Waals surface area contributed by atoms with Gasteiger partial charge >= 0.3 is 0 Å². The lowest BCUT2D eigenvalue weighted by Crippen LogP contribution is -2.26. The maximum Gasteiger partial charge on any atom is 0.130 e. The molecule has 0 amide bonds. The molecule has 0 fully saturated rings. The molecule has 0 saturated carbocycles. The predicted octanol–water partition coefficient (Wildman–Crippen LogP) is 1.11. The molecular weight excluding hydrogens is 190 g/mol. The van der Waals surface area contributed by atoms with Crippen molar-refractivity contribution < 1.29 is 9.84 Å². The molecule has 3 atom stereocenters. The number of ether oxygens (including phenoxy) is 1. The summed E-state index contributed by atoms with van der Waals surface area (Å²) in [6.45, 7) is 1.97. The largest absolute Gasteiger partial charge is 0.487 e. The first-order valence-corrected chi connectivity index (χ1v) is 5.31. The summed E-state index contributed by atoms with van der Waals surface area (Å²) in [6.07, 6.45) is 9.09. The van der Waals surface area contributed by atoms with Gasteiger partial charge in [-0.05, 0) is 25.0 Å². The van der Waals surface area contributed by atoms with Crippen LogP contribution in [0.5, 0.6) is 0 Å². The van der Waals surface area contributed by atoms with Gasteiger partial charge in [0, 0.05) is 12.0 Å². The maximum atomic E-state index is 9.02. The van der Waals surface area contributed by atoms with Gasteiger partial charge in [-0.25, -0.2) is 0 Å². The van der Waals surface area contributed by atoms with Gasteiger partial charge in [-0.2, -0.15) is 0 Å². The van der Waals surface area contributed by atoms with E-state index in [0.29, 0.717) is 5.76 Å². The highest BCUT2D eigenvalue weighted by atomic mass is 16.5. The Hall–Kier alpha value is -1.06. The summed E-state index contributed by atoms with van der Waals surface area (Å²) >= 11 is 0. The van der Waals surface area contributed by atoms with Crippen molar-refractivity contribution in [1.82, 2.24) is 0 Å². The van der Waals surface area contributed by atoms with Crippen LogP contribution in [-0.4, -0.2) is 23.9 Å². The Bertz CT molecular complexity index is 329. The number of hydrogen-bond donors (Lipinski definition) is 2. The molecule has 0 radical (unpaired) electrons. The number of aliphatic hydroxyl groups is 1. The van der Waals surface area contributed by atoms with Crippen LogP contribution in [0.15, 0.2) is 35.6 Å². The third-order valence-electron chi connectivity index (χ3n) is 2.73. The average molecular weight is 207 g/mol. The molecule has 0 aromatic rings. The van der Waals surface area contributed by atoms with Crippen LogP contribution < -0.4 is 5.73 Å². The van der Waals surface area contributed by atoms with Crippen molar-refractivity contribution in [3.05, 3.63) is 35.6 Å². The fourth-order valence-electron chi connectivity index (χ4n) is 2.11. The van der Waals surface area contributed by atoms with Crippen molar-refractivity contribution in [2.45, 2.75) is 25.5 Å². The van der Waals surface area contributed by atoms with Crippen LogP contribution >= 0.6 is 0 Å². The predicted molar refractivity (Wildman–Crippen MR) is 59.0 cm³/mol. The molecular formula is C12H17NO2. The van der Waals surface area contributed by atoms with Crippen molar-refractivity contribution in [2.24, 2.45) is 11.7 Å². The number of nitrogens with two attached hydrogens (primary N) is 1. The molecule has 3 unspecified atom stereocenters. The van der Waals surface area contributed by atoms with Gasteiger partial charge in [0.2, 0.25) is 0 Å². The van der Waals surface area contributed by atoms with Crippen LogP contribution in [0, 0.1) is 5.92 Å². The molecule has 2 rings (SSSR count). The van der Waals surface area contributed by atoms with Gasteiger partial charge in [-0.1, -0.05) is 18.2 Å². The second kappa shape index (κ2) is 4.21. The van der Waals surface area contributed by atoms with Crippen molar-refractivity contribution in [1.29, 1.82) is 0 Å². The van der Waals surface area contributed by atoms with Crippen molar-refractivity contribution in [3.8, 4) is 0 Å². The molecule has 0 saturated heterocycles. The molecule has 3 N–H and O–H groups in total. The number of fused-ring (bicyclic) bond motifs is 1. The highest BCUT2D eigenvalue weighted by molar-refractivity contribution is 5.32. The molecule has 1 aliphatic heterocycles. The van der Waals surface area contributed by atoms with E-state index in [4.69, 9.17) is 15.6 Å². The first-order chi connectivity index (χ1) is 7.20. The molecule has 1 heterocycles. The van der Waals surface area contributed by atoms with Crippen molar-refractivity contribution in [3.63, 3.8) is 0 Å². The molecule has 0 spiro atoms. The quantitative estimate of drug-likeness (QED) is 0.729. The zero-order valence-electron chi connectivity index (χ0n) is 8.89. The summed E-state index contributed by atoms with van der Waals surface area (Å²) < 4.78 is 5.66. The number of aliphatic hydroxyl groups excluding tert-OH is 1. The molecule has 0 aromatic heterocycles. The van der Waals surface area contributed by atoms with Crippen molar-refractivity contribution >= 4 is 0 Å². The molecule has 82 valence electrons. The highest BCUT2D eigenvalue weighted by Crippen LogP contribution is 2.33. The van der Waals surface area contributed by atoms with E-state index in [0.717, 1.165) is 6.42 Å². The Labute approximate surface area is 89.9 Å². The van der Waals surface area contributed by atoms with E-state index >= 15 is 0 Å². The first kappa shape index (κ1) is 10.5. The van der Waals surface area contributed by atoms with E-state index < -0.39 is 0 Å². The zero-order valence-corrected chi connectivity index (χ0v) is 8.89. The second-order valence-electron chi connectivity index (χ2n) is 4.21. The Balaban J connectivity index is 2.11. The lowest BCUT2D eigenvalue weighted by Gasteiger charge is -2.24. The van der Waals surface area contributed by atoms with Gasteiger partial charge in [0.25, 0.3) is 0 Å². The fourth-order valence-corrected chi connectivity index (χ4v) is 2.11. The van der Waals surface area contributed by atoms with Gasteiger partial charge in [0.15, 0.2) is 0 Å². The smallest absolute Gasteiger partial charge is 0.130 e. The monoisotopic (exact) mass is 207 g/mol. The minimum Gasteiger partial charge on any atom is -0.487 e. The van der Waals surface area contributed by atoms with Gasteiger partial charge in [0.1, 0.15) is 18.5 Å². The zero-order chi connectivity index (χ0) is 10.8. The van der Waals surface area contributed by atoms with Crippen LogP contribution in [0.1, 0.15) is 13.3 Å². The second-order valence-corrected chi connectivity index (χ2v) is 4.21. The van der Waals surface area contributed by atoms with Crippen LogP contribution in [-0.2, 0) is 4.74 Å².